The predicted octanol–water partition coefficient (Wildman–Crippen LogP) is 5.79. The first-order valence-electron chi connectivity index (χ1n) is 13.3. The second-order valence-corrected chi connectivity index (χ2v) is 10.8. The number of rotatable bonds is 10. The van der Waals surface area contributed by atoms with Crippen molar-refractivity contribution in [3.8, 4) is 11.3 Å². The third-order valence-electron chi connectivity index (χ3n) is 6.71. The Hall–Kier alpha value is -3.59. The van der Waals surface area contributed by atoms with Gasteiger partial charge in [-0.1, -0.05) is 78.0 Å². The number of anilines is 2. The van der Waals surface area contributed by atoms with Crippen molar-refractivity contribution < 1.29 is 9.53 Å². The van der Waals surface area contributed by atoms with E-state index in [1.165, 1.54) is 0 Å². The molecule has 2 heterocycles. The van der Waals surface area contributed by atoms with Crippen LogP contribution in [0.4, 0.5) is 11.5 Å². The lowest BCUT2D eigenvalue weighted by Gasteiger charge is -2.37. The van der Waals surface area contributed by atoms with Gasteiger partial charge < -0.3 is 19.9 Å². The molecule has 0 radical (unpaired) electrons. The molecule has 1 aliphatic heterocycles. The van der Waals surface area contributed by atoms with Crippen molar-refractivity contribution in [1.29, 1.82) is 0 Å². The van der Waals surface area contributed by atoms with Gasteiger partial charge in [-0.3, -0.25) is 4.79 Å². The van der Waals surface area contributed by atoms with Crippen LogP contribution >= 0.6 is 23.4 Å². The molecule has 1 amide bonds. The molecule has 0 atom stereocenters. The van der Waals surface area contributed by atoms with Crippen LogP contribution in [0.5, 0.6) is 0 Å². The average molecular weight is 574 g/mol. The molecule has 1 N–H and O–H groups in total. The van der Waals surface area contributed by atoms with E-state index in [4.69, 9.17) is 26.3 Å². The molecule has 1 aliphatic rings. The summed E-state index contributed by atoms with van der Waals surface area (Å²) in [5.74, 6) is 1.46. The maximum absolute atomic E-state index is 12.5. The SMILES string of the molecule is COCCNC(=O)c1cccc(CSc2nc(-c3ccccc3)cc(N3CCN(c4ccccc4Cl)CC3)n2)c1. The minimum atomic E-state index is -0.107. The number of para-hydroxylation sites is 1. The van der Waals surface area contributed by atoms with E-state index in [0.29, 0.717) is 29.6 Å². The van der Waals surface area contributed by atoms with Crippen LogP contribution in [-0.4, -0.2) is 62.3 Å². The fourth-order valence-corrected chi connectivity index (χ4v) is 5.65. The van der Waals surface area contributed by atoms with Crippen LogP contribution in [0.3, 0.4) is 0 Å². The summed E-state index contributed by atoms with van der Waals surface area (Å²) in [6, 6.07) is 27.9. The average Bonchev–Trinajstić information content (AvgIpc) is 3.01. The van der Waals surface area contributed by atoms with Crippen molar-refractivity contribution in [1.82, 2.24) is 15.3 Å². The lowest BCUT2D eigenvalue weighted by atomic mass is 10.1. The number of amides is 1. The van der Waals surface area contributed by atoms with Crippen molar-refractivity contribution in [2.75, 3.05) is 56.2 Å². The van der Waals surface area contributed by atoms with Crippen LogP contribution in [0.1, 0.15) is 15.9 Å². The number of aromatic nitrogens is 2. The maximum atomic E-state index is 12.5. The summed E-state index contributed by atoms with van der Waals surface area (Å²) in [7, 11) is 1.62. The predicted molar refractivity (Wildman–Crippen MR) is 164 cm³/mol. The van der Waals surface area contributed by atoms with Gasteiger partial charge in [-0.25, -0.2) is 9.97 Å². The van der Waals surface area contributed by atoms with E-state index in [0.717, 1.165) is 59.5 Å². The number of nitrogens with one attached hydrogen (secondary N) is 1. The Kier molecular flexibility index (Phi) is 9.54. The summed E-state index contributed by atoms with van der Waals surface area (Å²) in [4.78, 5) is 27.0. The van der Waals surface area contributed by atoms with Crippen LogP contribution in [0.25, 0.3) is 11.3 Å². The van der Waals surface area contributed by atoms with Crippen molar-refractivity contribution in [2.24, 2.45) is 0 Å². The number of ether oxygens (including phenoxy) is 1. The minimum Gasteiger partial charge on any atom is -0.383 e. The molecule has 4 aromatic rings. The van der Waals surface area contributed by atoms with Crippen LogP contribution in [0.2, 0.25) is 5.02 Å². The summed E-state index contributed by atoms with van der Waals surface area (Å²) in [5, 5.41) is 4.36. The van der Waals surface area contributed by atoms with E-state index in [1.807, 2.05) is 60.7 Å². The highest BCUT2D eigenvalue weighted by Gasteiger charge is 2.21. The van der Waals surface area contributed by atoms with Crippen LogP contribution < -0.4 is 15.1 Å². The summed E-state index contributed by atoms with van der Waals surface area (Å²) < 4.78 is 5.02. The Morgan fingerprint density at radius 1 is 0.925 bits per heavy atom. The zero-order valence-corrected chi connectivity index (χ0v) is 24.0. The Bertz CT molecular complexity index is 1430. The van der Waals surface area contributed by atoms with Crippen molar-refractivity contribution in [3.63, 3.8) is 0 Å². The van der Waals surface area contributed by atoms with Crippen LogP contribution in [-0.2, 0) is 10.5 Å². The normalized spacial score (nSPS) is 13.3. The Balaban J connectivity index is 1.32. The smallest absolute Gasteiger partial charge is 0.251 e. The Labute approximate surface area is 244 Å². The summed E-state index contributed by atoms with van der Waals surface area (Å²) in [6.07, 6.45) is 0. The summed E-state index contributed by atoms with van der Waals surface area (Å²) >= 11 is 8.03. The number of methoxy groups -OCH3 is 1. The zero-order chi connectivity index (χ0) is 27.7. The van der Waals surface area contributed by atoms with E-state index in [9.17, 15) is 4.79 Å². The number of hydrogen-bond acceptors (Lipinski definition) is 7. The molecule has 0 saturated carbocycles. The van der Waals surface area contributed by atoms with E-state index >= 15 is 0 Å². The molecule has 0 aliphatic carbocycles. The van der Waals surface area contributed by atoms with E-state index < -0.39 is 0 Å². The molecule has 0 unspecified atom stereocenters. The number of hydrogen-bond donors (Lipinski definition) is 1. The highest BCUT2D eigenvalue weighted by atomic mass is 35.5. The first-order chi connectivity index (χ1) is 19.6. The fourth-order valence-electron chi connectivity index (χ4n) is 4.60. The van der Waals surface area contributed by atoms with Gasteiger partial charge in [-0.15, -0.1) is 0 Å². The molecule has 0 spiro atoms. The highest BCUT2D eigenvalue weighted by Crippen LogP contribution is 2.30. The molecule has 7 nitrogen and oxygen atoms in total. The number of thioether (sulfide) groups is 1. The number of benzene rings is 3. The van der Waals surface area contributed by atoms with Gasteiger partial charge in [0, 0.05) is 62.8 Å². The van der Waals surface area contributed by atoms with Gasteiger partial charge in [0.05, 0.1) is 23.0 Å². The van der Waals surface area contributed by atoms with E-state index in [-0.39, 0.29) is 5.91 Å². The molecular formula is C31H32ClN5O2S. The van der Waals surface area contributed by atoms with E-state index in [1.54, 1.807) is 18.9 Å². The van der Waals surface area contributed by atoms with Crippen LogP contribution in [0.15, 0.2) is 90.1 Å². The molecule has 206 valence electrons. The zero-order valence-electron chi connectivity index (χ0n) is 22.4. The molecule has 3 aromatic carbocycles. The third-order valence-corrected chi connectivity index (χ3v) is 7.95. The van der Waals surface area contributed by atoms with Crippen LogP contribution in [0, 0.1) is 0 Å². The monoisotopic (exact) mass is 573 g/mol. The summed E-state index contributed by atoms with van der Waals surface area (Å²) in [6.45, 7) is 4.34. The first-order valence-corrected chi connectivity index (χ1v) is 14.6. The standard InChI is InChI=1S/C31H32ClN5O2S/c1-39-19-14-33-30(38)25-11-7-8-23(20-25)22-40-31-34-27(24-9-3-2-4-10-24)21-29(35-31)37-17-15-36(16-18-37)28-13-6-5-12-26(28)32/h2-13,20-21H,14-19,22H2,1H3,(H,33,38). The van der Waals surface area contributed by atoms with Gasteiger partial charge in [-0.2, -0.15) is 0 Å². The number of carbonyl (C=O) groups is 1. The van der Waals surface area contributed by atoms with Gasteiger partial charge in [0.15, 0.2) is 5.16 Å². The molecular weight excluding hydrogens is 542 g/mol. The largest absolute Gasteiger partial charge is 0.383 e. The highest BCUT2D eigenvalue weighted by molar-refractivity contribution is 7.98. The van der Waals surface area contributed by atoms with Crippen molar-refractivity contribution in [3.05, 3.63) is 101 Å². The van der Waals surface area contributed by atoms with Crippen molar-refractivity contribution >= 4 is 40.8 Å². The van der Waals surface area contributed by atoms with Gasteiger partial charge in [0.25, 0.3) is 5.91 Å². The molecule has 9 heteroatoms. The van der Waals surface area contributed by atoms with E-state index in [2.05, 4.69) is 39.4 Å². The third kappa shape index (κ3) is 7.13. The lowest BCUT2D eigenvalue weighted by Crippen LogP contribution is -2.47. The van der Waals surface area contributed by atoms with Gasteiger partial charge >= 0.3 is 0 Å². The van der Waals surface area contributed by atoms with Crippen molar-refractivity contribution in [2.45, 2.75) is 10.9 Å². The second kappa shape index (κ2) is 13.7. The number of carbonyl (C=O) groups excluding carboxylic acids is 1. The van der Waals surface area contributed by atoms with Gasteiger partial charge in [0.1, 0.15) is 5.82 Å². The molecule has 5 rings (SSSR count). The number of nitrogens with zero attached hydrogens (tertiary/aromatic N) is 4. The molecule has 1 aromatic heterocycles. The first kappa shape index (κ1) is 28.0. The number of piperazine rings is 1. The molecule has 0 bridgehead atoms. The lowest BCUT2D eigenvalue weighted by molar-refractivity contribution is 0.0937. The Morgan fingerprint density at radius 2 is 1.68 bits per heavy atom. The Morgan fingerprint density at radius 3 is 2.45 bits per heavy atom. The topological polar surface area (TPSA) is 70.6 Å². The second-order valence-electron chi connectivity index (χ2n) is 9.42. The molecule has 1 saturated heterocycles. The molecule has 40 heavy (non-hydrogen) atoms. The van der Waals surface area contributed by atoms with Gasteiger partial charge in [0.2, 0.25) is 0 Å². The maximum Gasteiger partial charge on any atom is 0.251 e. The fraction of sp³-hybridized carbons (Fsp3) is 0.258. The van der Waals surface area contributed by atoms with Gasteiger partial charge in [-0.05, 0) is 29.8 Å². The minimum absolute atomic E-state index is 0.107. The quantitative estimate of drug-likeness (QED) is 0.146. The summed E-state index contributed by atoms with van der Waals surface area (Å²) in [5.41, 5.74) is 4.69. The molecule has 1 fully saturated rings. The number of halogens is 1.